The van der Waals surface area contributed by atoms with Gasteiger partial charge < -0.3 is 0 Å². The van der Waals surface area contributed by atoms with Crippen LogP contribution in [0.3, 0.4) is 0 Å². The van der Waals surface area contributed by atoms with Crippen LogP contribution in [0.5, 0.6) is 0 Å². The molecule has 0 bridgehead atoms. The number of hydrogen-bond donors (Lipinski definition) is 0. The first-order valence-electron chi connectivity index (χ1n) is 2.60. The fraction of sp³-hybridized carbons (Fsp3) is 0.167. The van der Waals surface area contributed by atoms with Crippen LogP contribution in [-0.2, 0) is 5.33 Å². The van der Waals surface area contributed by atoms with E-state index < -0.39 is 5.95 Å². The molecule has 0 saturated heterocycles. The van der Waals surface area contributed by atoms with Crippen LogP contribution in [0.1, 0.15) is 5.56 Å². The summed E-state index contributed by atoms with van der Waals surface area (Å²) in [5.74, 6) is -0.447. The predicted octanol–water partition coefficient (Wildman–Crippen LogP) is 2.88. The first kappa shape index (κ1) is 8.14. The molecule has 0 atom stereocenters. The second-order valence-electron chi connectivity index (χ2n) is 1.73. The monoisotopic (exact) mass is 267 g/mol. The third-order valence-electron chi connectivity index (χ3n) is 1.05. The summed E-state index contributed by atoms with van der Waals surface area (Å²) in [5, 5.41) is 0.632. The van der Waals surface area contributed by atoms with Crippen molar-refractivity contribution in [3.8, 4) is 0 Å². The smallest absolute Gasteiger partial charge is 0.213 e. The Bertz CT molecular complexity index is 239. The van der Waals surface area contributed by atoms with Crippen molar-refractivity contribution in [3.05, 3.63) is 28.2 Å². The average Bonchev–Trinajstić information content (AvgIpc) is 1.94. The molecule has 0 aliphatic carbocycles. The number of rotatable bonds is 1. The summed E-state index contributed by atoms with van der Waals surface area (Å²) in [4.78, 5) is 3.45. The van der Waals surface area contributed by atoms with Crippen LogP contribution in [0.25, 0.3) is 0 Å². The minimum Gasteiger partial charge on any atom is -0.227 e. The van der Waals surface area contributed by atoms with Crippen molar-refractivity contribution in [2.75, 3.05) is 0 Å². The van der Waals surface area contributed by atoms with Gasteiger partial charge in [0.2, 0.25) is 5.95 Å². The molecule has 1 heterocycles. The largest absolute Gasteiger partial charge is 0.227 e. The molecule has 0 saturated carbocycles. The molecule has 0 radical (unpaired) electrons. The molecule has 4 heteroatoms. The Hall–Kier alpha value is 0.0400. The van der Waals surface area contributed by atoms with E-state index in [1.54, 1.807) is 0 Å². The van der Waals surface area contributed by atoms with Crippen LogP contribution in [-0.4, -0.2) is 4.98 Å². The minimum atomic E-state index is -0.447. The van der Waals surface area contributed by atoms with Crippen molar-refractivity contribution in [2.24, 2.45) is 0 Å². The molecular weight excluding hydrogens is 265 g/mol. The van der Waals surface area contributed by atoms with Crippen molar-refractivity contribution in [1.82, 2.24) is 4.98 Å². The molecule has 0 fully saturated rings. The lowest BCUT2D eigenvalue weighted by molar-refractivity contribution is 0.581. The van der Waals surface area contributed by atoms with Crippen molar-refractivity contribution in [1.29, 1.82) is 0 Å². The lowest BCUT2D eigenvalue weighted by Gasteiger charge is -1.96. The zero-order valence-electron chi connectivity index (χ0n) is 4.94. The Labute approximate surface area is 74.9 Å². The number of halogens is 3. The van der Waals surface area contributed by atoms with E-state index in [4.69, 9.17) is 0 Å². The Morgan fingerprint density at radius 3 is 2.80 bits per heavy atom. The molecule has 0 N–H and O–H groups in total. The summed E-state index contributed by atoms with van der Waals surface area (Å²) in [5.41, 5.74) is 0.868. The second-order valence-corrected chi connectivity index (χ2v) is 3.15. The van der Waals surface area contributed by atoms with Gasteiger partial charge in [0.15, 0.2) is 0 Å². The van der Waals surface area contributed by atoms with Gasteiger partial charge in [-0.2, -0.15) is 4.39 Å². The van der Waals surface area contributed by atoms with Gasteiger partial charge >= 0.3 is 0 Å². The van der Waals surface area contributed by atoms with E-state index in [1.165, 1.54) is 12.3 Å². The number of pyridine rings is 1. The highest BCUT2D eigenvalue weighted by Crippen LogP contribution is 2.17. The molecule has 1 aromatic heterocycles. The Morgan fingerprint density at radius 1 is 1.60 bits per heavy atom. The Kier molecular flexibility index (Phi) is 2.80. The van der Waals surface area contributed by atoms with E-state index >= 15 is 0 Å². The van der Waals surface area contributed by atoms with E-state index in [9.17, 15) is 4.39 Å². The minimum absolute atomic E-state index is 0.447. The summed E-state index contributed by atoms with van der Waals surface area (Å²) in [6, 6.07) is 1.39. The third-order valence-corrected chi connectivity index (χ3v) is 2.36. The third kappa shape index (κ3) is 1.76. The Balaban J connectivity index is 3.09. The number of alkyl halides is 1. The predicted molar refractivity (Wildman–Crippen MR) is 44.5 cm³/mol. The molecular formula is C6H4Br2FN. The van der Waals surface area contributed by atoms with Gasteiger partial charge in [0.1, 0.15) is 0 Å². The maximum Gasteiger partial charge on any atom is 0.213 e. The van der Waals surface area contributed by atoms with E-state index in [0.717, 1.165) is 10.0 Å². The first-order chi connectivity index (χ1) is 4.74. The topological polar surface area (TPSA) is 12.9 Å². The highest BCUT2D eigenvalue weighted by Gasteiger charge is 1.99. The van der Waals surface area contributed by atoms with Gasteiger partial charge in [-0.05, 0) is 27.6 Å². The fourth-order valence-electron chi connectivity index (χ4n) is 0.554. The second kappa shape index (κ2) is 3.44. The molecule has 10 heavy (non-hydrogen) atoms. The number of hydrogen-bond acceptors (Lipinski definition) is 1. The highest BCUT2D eigenvalue weighted by atomic mass is 79.9. The molecule has 1 rings (SSSR count). The molecule has 1 nitrogen and oxygen atoms in total. The number of aromatic nitrogens is 1. The van der Waals surface area contributed by atoms with Gasteiger partial charge in [-0.15, -0.1) is 0 Å². The van der Waals surface area contributed by atoms with Crippen LogP contribution < -0.4 is 0 Å². The van der Waals surface area contributed by atoms with Crippen LogP contribution in [0.15, 0.2) is 16.7 Å². The molecule has 0 aliphatic heterocycles. The molecule has 0 unspecified atom stereocenters. The average molecular weight is 269 g/mol. The Morgan fingerprint density at radius 2 is 2.30 bits per heavy atom. The molecule has 1 aromatic rings. The summed E-state index contributed by atoms with van der Waals surface area (Å²) in [6.45, 7) is 0. The first-order valence-corrected chi connectivity index (χ1v) is 4.51. The lowest BCUT2D eigenvalue weighted by Crippen LogP contribution is -1.86. The number of nitrogens with zero attached hydrogens (tertiary/aromatic N) is 1. The SMILES string of the molecule is Fc1cc(CBr)c(Br)cn1. The van der Waals surface area contributed by atoms with Crippen LogP contribution >= 0.6 is 31.9 Å². The van der Waals surface area contributed by atoms with Crippen molar-refractivity contribution in [2.45, 2.75) is 5.33 Å². The summed E-state index contributed by atoms with van der Waals surface area (Å²) in [7, 11) is 0. The van der Waals surface area contributed by atoms with Gasteiger partial charge in [-0.1, -0.05) is 15.9 Å². The van der Waals surface area contributed by atoms with Gasteiger partial charge in [0.05, 0.1) is 0 Å². The fourth-order valence-corrected chi connectivity index (χ4v) is 1.75. The molecule has 54 valence electrons. The summed E-state index contributed by atoms with van der Waals surface area (Å²) in [6.07, 6.45) is 1.45. The van der Waals surface area contributed by atoms with E-state index in [1.807, 2.05) is 0 Å². The summed E-state index contributed by atoms with van der Waals surface area (Å²) < 4.78 is 13.2. The van der Waals surface area contributed by atoms with E-state index in [0.29, 0.717) is 5.33 Å². The van der Waals surface area contributed by atoms with Crippen molar-refractivity contribution < 1.29 is 4.39 Å². The maximum absolute atomic E-state index is 12.4. The van der Waals surface area contributed by atoms with Crippen molar-refractivity contribution in [3.63, 3.8) is 0 Å². The molecule has 0 aromatic carbocycles. The van der Waals surface area contributed by atoms with E-state index in [2.05, 4.69) is 36.8 Å². The molecule has 0 spiro atoms. The zero-order valence-corrected chi connectivity index (χ0v) is 8.11. The van der Waals surface area contributed by atoms with Gasteiger partial charge in [0.25, 0.3) is 0 Å². The van der Waals surface area contributed by atoms with Crippen LogP contribution in [0, 0.1) is 5.95 Å². The quantitative estimate of drug-likeness (QED) is 0.564. The summed E-state index contributed by atoms with van der Waals surface area (Å²) >= 11 is 6.45. The highest BCUT2D eigenvalue weighted by molar-refractivity contribution is 9.10. The maximum atomic E-state index is 12.4. The van der Waals surface area contributed by atoms with Crippen molar-refractivity contribution >= 4 is 31.9 Å². The van der Waals surface area contributed by atoms with Gasteiger partial charge in [0, 0.05) is 16.0 Å². The van der Waals surface area contributed by atoms with Crippen LogP contribution in [0.2, 0.25) is 0 Å². The normalized spacial score (nSPS) is 9.90. The van der Waals surface area contributed by atoms with Crippen LogP contribution in [0.4, 0.5) is 4.39 Å². The van der Waals surface area contributed by atoms with Gasteiger partial charge in [-0.3, -0.25) is 0 Å². The molecule has 0 aliphatic rings. The standard InChI is InChI=1S/C6H4Br2FN/c7-2-4-1-6(9)10-3-5(4)8/h1,3H,2H2. The molecule has 0 amide bonds. The lowest BCUT2D eigenvalue weighted by atomic mass is 10.3. The zero-order chi connectivity index (χ0) is 7.56. The van der Waals surface area contributed by atoms with E-state index in [-0.39, 0.29) is 0 Å². The van der Waals surface area contributed by atoms with Gasteiger partial charge in [-0.25, -0.2) is 4.98 Å².